The first-order valence-electron chi connectivity index (χ1n) is 10.1. The minimum atomic E-state index is -0.359. The van der Waals surface area contributed by atoms with Crippen LogP contribution >= 0.6 is 12.4 Å². The Labute approximate surface area is 181 Å². The zero-order chi connectivity index (χ0) is 20.4. The maximum atomic E-state index is 13.2. The van der Waals surface area contributed by atoms with E-state index in [0.717, 1.165) is 18.5 Å². The predicted octanol–water partition coefficient (Wildman–Crippen LogP) is 1.66. The van der Waals surface area contributed by atoms with Crippen LogP contribution in [0.1, 0.15) is 28.3 Å². The highest BCUT2D eigenvalue weighted by Crippen LogP contribution is 2.29. The van der Waals surface area contributed by atoms with Crippen molar-refractivity contribution in [3.8, 4) is 0 Å². The van der Waals surface area contributed by atoms with E-state index in [1.807, 2.05) is 24.3 Å². The van der Waals surface area contributed by atoms with Gasteiger partial charge in [-0.25, -0.2) is 4.39 Å². The van der Waals surface area contributed by atoms with Gasteiger partial charge >= 0.3 is 0 Å². The first kappa shape index (κ1) is 22.2. The fourth-order valence-electron chi connectivity index (χ4n) is 4.27. The number of nitrogens with one attached hydrogen (secondary N) is 1. The molecule has 9 heteroatoms. The summed E-state index contributed by atoms with van der Waals surface area (Å²) in [5.74, 6) is -0.326. The summed E-state index contributed by atoms with van der Waals surface area (Å²) in [6.45, 7) is 3.66. The molecule has 3 heterocycles. The smallest absolute Gasteiger partial charge is 0.253 e. The topological polar surface area (TPSA) is 70.5 Å². The summed E-state index contributed by atoms with van der Waals surface area (Å²) in [4.78, 5) is 29.6. The Kier molecular flexibility index (Phi) is 7.10. The molecule has 2 aromatic rings. The van der Waals surface area contributed by atoms with Gasteiger partial charge in [0.1, 0.15) is 5.82 Å². The number of carbonyl (C=O) groups is 2. The third-order valence-electron chi connectivity index (χ3n) is 5.87. The third-order valence-corrected chi connectivity index (χ3v) is 5.87. The molecule has 2 aliphatic rings. The van der Waals surface area contributed by atoms with Crippen LogP contribution < -0.4 is 5.32 Å². The molecule has 0 unspecified atom stereocenters. The quantitative estimate of drug-likeness (QED) is 0.796. The largest absolute Gasteiger partial charge is 0.341 e. The van der Waals surface area contributed by atoms with E-state index in [9.17, 15) is 14.0 Å². The van der Waals surface area contributed by atoms with Gasteiger partial charge in [0, 0.05) is 64.0 Å². The van der Waals surface area contributed by atoms with E-state index < -0.39 is 0 Å². The molecule has 2 aliphatic heterocycles. The summed E-state index contributed by atoms with van der Waals surface area (Å²) in [5.41, 5.74) is 1.56. The lowest BCUT2D eigenvalue weighted by atomic mass is 9.89. The number of amides is 2. The number of benzene rings is 1. The van der Waals surface area contributed by atoms with Crippen LogP contribution in [0.2, 0.25) is 0 Å². The molecule has 2 fully saturated rings. The first-order chi connectivity index (χ1) is 14.0. The van der Waals surface area contributed by atoms with Gasteiger partial charge in [-0.1, -0.05) is 0 Å². The Morgan fingerprint density at radius 2 is 1.77 bits per heavy atom. The highest BCUT2D eigenvalue weighted by Gasteiger charge is 2.37. The number of rotatable bonds is 3. The minimum absolute atomic E-state index is 0. The van der Waals surface area contributed by atoms with E-state index in [2.05, 4.69) is 10.4 Å². The molecule has 1 aromatic carbocycles. The van der Waals surface area contributed by atoms with Crippen molar-refractivity contribution in [2.45, 2.75) is 12.3 Å². The van der Waals surface area contributed by atoms with Crippen LogP contribution in [0.4, 0.5) is 4.39 Å². The van der Waals surface area contributed by atoms with Gasteiger partial charge in [0.15, 0.2) is 0 Å². The summed E-state index contributed by atoms with van der Waals surface area (Å²) >= 11 is 0. The Morgan fingerprint density at radius 3 is 2.47 bits per heavy atom. The number of halogens is 2. The second-order valence-corrected chi connectivity index (χ2v) is 7.80. The van der Waals surface area contributed by atoms with E-state index in [1.165, 1.54) is 24.3 Å². The zero-order valence-electron chi connectivity index (χ0n) is 17.0. The van der Waals surface area contributed by atoms with Crippen LogP contribution in [0.25, 0.3) is 0 Å². The molecule has 0 radical (unpaired) electrons. The fourth-order valence-corrected chi connectivity index (χ4v) is 4.27. The SMILES string of the molecule is Cl.Cn1cc([C@H]2CNC[C@@H]2C(=O)N2CCCN(C(=O)c3ccc(F)cc3)CC2)cn1. The molecular formula is C21H27ClFN5O2. The summed E-state index contributed by atoms with van der Waals surface area (Å²) < 4.78 is 14.9. The summed E-state index contributed by atoms with van der Waals surface area (Å²) in [6.07, 6.45) is 4.54. The van der Waals surface area contributed by atoms with Gasteiger partial charge in [-0.3, -0.25) is 14.3 Å². The number of hydrogen-bond donors (Lipinski definition) is 1. The second kappa shape index (κ2) is 9.57. The highest BCUT2D eigenvalue weighted by atomic mass is 35.5. The molecule has 1 N–H and O–H groups in total. The Balaban J connectivity index is 0.00000256. The molecule has 1 aromatic heterocycles. The zero-order valence-corrected chi connectivity index (χ0v) is 17.8. The first-order valence-corrected chi connectivity index (χ1v) is 10.1. The van der Waals surface area contributed by atoms with Gasteiger partial charge in [0.25, 0.3) is 5.91 Å². The normalized spacial score (nSPS) is 21.8. The van der Waals surface area contributed by atoms with Gasteiger partial charge in [0.05, 0.1) is 12.1 Å². The van der Waals surface area contributed by atoms with Crippen LogP contribution in [0.5, 0.6) is 0 Å². The molecule has 162 valence electrons. The lowest BCUT2D eigenvalue weighted by molar-refractivity contribution is -0.135. The number of aromatic nitrogens is 2. The van der Waals surface area contributed by atoms with E-state index >= 15 is 0 Å². The van der Waals surface area contributed by atoms with Crippen molar-refractivity contribution in [3.05, 3.63) is 53.6 Å². The summed E-state index contributed by atoms with van der Waals surface area (Å²) in [7, 11) is 1.88. The van der Waals surface area contributed by atoms with Gasteiger partial charge in [-0.05, 0) is 36.2 Å². The molecule has 2 atom stereocenters. The van der Waals surface area contributed by atoms with E-state index in [1.54, 1.807) is 9.58 Å². The number of hydrogen-bond acceptors (Lipinski definition) is 4. The number of carbonyl (C=O) groups excluding carboxylic acids is 2. The maximum absolute atomic E-state index is 13.2. The maximum Gasteiger partial charge on any atom is 0.253 e. The summed E-state index contributed by atoms with van der Waals surface area (Å²) in [6, 6.07) is 5.61. The lowest BCUT2D eigenvalue weighted by Crippen LogP contribution is -2.41. The van der Waals surface area contributed by atoms with Crippen molar-refractivity contribution in [3.63, 3.8) is 0 Å². The van der Waals surface area contributed by atoms with Crippen molar-refractivity contribution >= 4 is 24.2 Å². The minimum Gasteiger partial charge on any atom is -0.341 e. The molecule has 2 saturated heterocycles. The molecule has 0 spiro atoms. The summed E-state index contributed by atoms with van der Waals surface area (Å²) in [5, 5.41) is 7.58. The van der Waals surface area contributed by atoms with Crippen molar-refractivity contribution in [2.75, 3.05) is 39.3 Å². The van der Waals surface area contributed by atoms with Gasteiger partial charge in [-0.15, -0.1) is 12.4 Å². The molecule has 0 bridgehead atoms. The Morgan fingerprint density at radius 1 is 1.07 bits per heavy atom. The van der Waals surface area contributed by atoms with Gasteiger partial charge in [0.2, 0.25) is 5.91 Å². The van der Waals surface area contributed by atoms with Gasteiger partial charge in [-0.2, -0.15) is 5.10 Å². The van der Waals surface area contributed by atoms with Crippen molar-refractivity contribution in [1.29, 1.82) is 0 Å². The molecule has 0 saturated carbocycles. The molecule has 4 rings (SSSR count). The molecular weight excluding hydrogens is 409 g/mol. The van der Waals surface area contributed by atoms with Crippen LogP contribution in [0.15, 0.2) is 36.7 Å². The van der Waals surface area contributed by atoms with Crippen molar-refractivity contribution in [2.24, 2.45) is 13.0 Å². The van der Waals surface area contributed by atoms with E-state index in [4.69, 9.17) is 0 Å². The van der Waals surface area contributed by atoms with Crippen LogP contribution in [0, 0.1) is 11.7 Å². The number of nitrogens with zero attached hydrogens (tertiary/aromatic N) is 4. The standard InChI is InChI=1S/C21H26FN5O2.ClH/c1-25-14-16(11-24-25)18-12-23-13-19(18)21(29)27-8-2-7-26(9-10-27)20(28)15-3-5-17(22)6-4-15;/h3-6,11,14,18-19,23H,2,7-10,12-13H2,1H3;1H/t18-,19+;/m1./s1. The fraction of sp³-hybridized carbons (Fsp3) is 0.476. The number of aryl methyl sites for hydroxylation is 1. The van der Waals surface area contributed by atoms with Crippen LogP contribution in [-0.4, -0.2) is 70.7 Å². The second-order valence-electron chi connectivity index (χ2n) is 7.80. The highest BCUT2D eigenvalue weighted by molar-refractivity contribution is 5.94. The van der Waals surface area contributed by atoms with Crippen LogP contribution in [-0.2, 0) is 11.8 Å². The van der Waals surface area contributed by atoms with E-state index in [0.29, 0.717) is 38.3 Å². The monoisotopic (exact) mass is 435 g/mol. The lowest BCUT2D eigenvalue weighted by Gasteiger charge is -2.26. The Bertz CT molecular complexity index is 888. The molecule has 2 amide bonds. The van der Waals surface area contributed by atoms with Crippen molar-refractivity contribution < 1.29 is 14.0 Å². The third kappa shape index (κ3) is 4.65. The van der Waals surface area contributed by atoms with Crippen LogP contribution in [0.3, 0.4) is 0 Å². The average molecular weight is 436 g/mol. The Hall–Kier alpha value is -2.45. The van der Waals surface area contributed by atoms with Gasteiger partial charge < -0.3 is 15.1 Å². The molecule has 7 nitrogen and oxygen atoms in total. The predicted molar refractivity (Wildman–Crippen MR) is 113 cm³/mol. The average Bonchev–Trinajstić information content (AvgIpc) is 3.30. The van der Waals surface area contributed by atoms with E-state index in [-0.39, 0.29) is 41.9 Å². The molecule has 30 heavy (non-hydrogen) atoms. The van der Waals surface area contributed by atoms with Crippen molar-refractivity contribution in [1.82, 2.24) is 24.9 Å². The molecule has 0 aliphatic carbocycles.